The second-order valence-corrected chi connectivity index (χ2v) is 3.82. The van der Waals surface area contributed by atoms with Crippen LogP contribution in [0, 0.1) is 12.8 Å². The molecule has 0 radical (unpaired) electrons. The minimum Gasteiger partial charge on any atom is -0.441 e. The van der Waals surface area contributed by atoms with E-state index >= 15 is 0 Å². The summed E-state index contributed by atoms with van der Waals surface area (Å²) in [5, 5.41) is 0. The van der Waals surface area contributed by atoms with Crippen LogP contribution in [0.4, 0.5) is 0 Å². The van der Waals surface area contributed by atoms with Gasteiger partial charge < -0.3 is 14.9 Å². The number of hydrogen-bond donors (Lipinski definition) is 1. The number of aromatic nitrogens is 1. The molecule has 0 aliphatic carbocycles. The van der Waals surface area contributed by atoms with Crippen molar-refractivity contribution in [3.05, 3.63) is 17.3 Å². The first kappa shape index (κ1) is 9.68. The number of hydrogen-bond acceptors (Lipinski definition) is 4. The first-order valence-corrected chi connectivity index (χ1v) is 5.00. The summed E-state index contributed by atoms with van der Waals surface area (Å²) in [6, 6.07) is 0. The van der Waals surface area contributed by atoms with Gasteiger partial charge in [-0.05, 0) is 19.3 Å². The minimum absolute atomic E-state index is 0.0222. The molecule has 14 heavy (non-hydrogen) atoms. The van der Waals surface area contributed by atoms with Crippen molar-refractivity contribution >= 4 is 0 Å². The largest absolute Gasteiger partial charge is 0.441 e. The molecule has 2 N–H and O–H groups in total. The lowest BCUT2D eigenvalue weighted by atomic mass is 10.0. The number of nitrogens with two attached hydrogens (primary N) is 1. The number of rotatable bonds is 2. The highest BCUT2D eigenvalue weighted by Crippen LogP contribution is 2.34. The van der Waals surface area contributed by atoms with Crippen molar-refractivity contribution in [1.29, 1.82) is 0 Å². The van der Waals surface area contributed by atoms with Crippen molar-refractivity contribution in [3.8, 4) is 0 Å². The summed E-state index contributed by atoms with van der Waals surface area (Å²) in [4.78, 5) is 4.34. The van der Waals surface area contributed by atoms with E-state index in [1.165, 1.54) is 0 Å². The standard InChI is InChI=1S/C10H16N2O2/c1-6-3-4-13-9(6)10-12-7(2)8(5-11)14-10/h6,9H,3-5,11H2,1-2H3. The number of nitrogens with zero attached hydrogens (tertiary/aromatic N) is 1. The van der Waals surface area contributed by atoms with E-state index < -0.39 is 0 Å². The predicted molar refractivity (Wildman–Crippen MR) is 51.6 cm³/mol. The zero-order valence-corrected chi connectivity index (χ0v) is 8.62. The molecule has 1 aliphatic heterocycles. The molecule has 2 unspecified atom stereocenters. The van der Waals surface area contributed by atoms with E-state index in [4.69, 9.17) is 14.9 Å². The summed E-state index contributed by atoms with van der Waals surface area (Å²) in [6.45, 7) is 5.26. The summed E-state index contributed by atoms with van der Waals surface area (Å²) < 4.78 is 11.1. The highest BCUT2D eigenvalue weighted by atomic mass is 16.5. The van der Waals surface area contributed by atoms with Crippen LogP contribution >= 0.6 is 0 Å². The Bertz CT molecular complexity index is 322. The van der Waals surface area contributed by atoms with E-state index in [9.17, 15) is 0 Å². The van der Waals surface area contributed by atoms with E-state index in [-0.39, 0.29) is 6.10 Å². The Labute approximate surface area is 83.4 Å². The van der Waals surface area contributed by atoms with Gasteiger partial charge in [0.05, 0.1) is 12.2 Å². The molecule has 1 aromatic heterocycles. The van der Waals surface area contributed by atoms with Gasteiger partial charge in [-0.3, -0.25) is 0 Å². The molecule has 0 bridgehead atoms. The summed E-state index contributed by atoms with van der Waals surface area (Å²) in [6.07, 6.45) is 1.10. The molecule has 4 heteroatoms. The monoisotopic (exact) mass is 196 g/mol. The van der Waals surface area contributed by atoms with Crippen LogP contribution in [0.2, 0.25) is 0 Å². The lowest BCUT2D eigenvalue weighted by molar-refractivity contribution is 0.0705. The van der Waals surface area contributed by atoms with Gasteiger partial charge in [0, 0.05) is 6.61 Å². The fourth-order valence-corrected chi connectivity index (χ4v) is 1.77. The van der Waals surface area contributed by atoms with Crippen LogP contribution in [0.1, 0.15) is 36.8 Å². The fraction of sp³-hybridized carbons (Fsp3) is 0.700. The third-order valence-corrected chi connectivity index (χ3v) is 2.73. The predicted octanol–water partition coefficient (Wildman–Crippen LogP) is 1.54. The molecule has 0 saturated carbocycles. The number of oxazole rings is 1. The molecule has 1 aliphatic rings. The van der Waals surface area contributed by atoms with Crippen LogP contribution in [0.5, 0.6) is 0 Å². The summed E-state index contributed by atoms with van der Waals surface area (Å²) in [7, 11) is 0. The minimum atomic E-state index is 0.0222. The Morgan fingerprint density at radius 1 is 1.57 bits per heavy atom. The van der Waals surface area contributed by atoms with Gasteiger partial charge in [0.25, 0.3) is 0 Å². The van der Waals surface area contributed by atoms with Gasteiger partial charge in [-0.15, -0.1) is 0 Å². The van der Waals surface area contributed by atoms with Gasteiger partial charge >= 0.3 is 0 Å². The van der Waals surface area contributed by atoms with Crippen LogP contribution in [-0.4, -0.2) is 11.6 Å². The smallest absolute Gasteiger partial charge is 0.224 e. The van der Waals surface area contributed by atoms with E-state index in [2.05, 4.69) is 11.9 Å². The Morgan fingerprint density at radius 3 is 2.86 bits per heavy atom. The lowest BCUT2D eigenvalue weighted by Crippen LogP contribution is -2.04. The molecule has 0 amide bonds. The maximum absolute atomic E-state index is 5.57. The van der Waals surface area contributed by atoms with Crippen LogP contribution in [-0.2, 0) is 11.3 Å². The Morgan fingerprint density at radius 2 is 2.36 bits per heavy atom. The second kappa shape index (κ2) is 3.71. The van der Waals surface area contributed by atoms with Gasteiger partial charge in [-0.2, -0.15) is 0 Å². The second-order valence-electron chi connectivity index (χ2n) is 3.82. The summed E-state index contributed by atoms with van der Waals surface area (Å²) >= 11 is 0. The molecular formula is C10H16N2O2. The fourth-order valence-electron chi connectivity index (χ4n) is 1.77. The normalized spacial score (nSPS) is 27.1. The average molecular weight is 196 g/mol. The molecule has 4 nitrogen and oxygen atoms in total. The first-order chi connectivity index (χ1) is 6.72. The van der Waals surface area contributed by atoms with Crippen molar-refractivity contribution in [2.24, 2.45) is 11.7 Å². The number of aryl methyl sites for hydroxylation is 1. The van der Waals surface area contributed by atoms with Gasteiger partial charge in [0.15, 0.2) is 0 Å². The Hall–Kier alpha value is -0.870. The molecule has 1 aromatic rings. The van der Waals surface area contributed by atoms with E-state index in [1.54, 1.807) is 0 Å². The topological polar surface area (TPSA) is 61.3 Å². The van der Waals surface area contributed by atoms with Gasteiger partial charge in [0.1, 0.15) is 11.9 Å². The third-order valence-electron chi connectivity index (χ3n) is 2.73. The maximum atomic E-state index is 5.57. The SMILES string of the molecule is Cc1nc(C2OCCC2C)oc1CN. The molecule has 2 atom stereocenters. The quantitative estimate of drug-likeness (QED) is 0.779. The third kappa shape index (κ3) is 1.55. The molecule has 1 saturated heterocycles. The molecule has 2 rings (SSSR count). The summed E-state index contributed by atoms with van der Waals surface area (Å²) in [5.74, 6) is 1.94. The number of ether oxygens (including phenoxy) is 1. The molecule has 78 valence electrons. The van der Waals surface area contributed by atoms with Crippen molar-refractivity contribution in [2.75, 3.05) is 6.61 Å². The molecular weight excluding hydrogens is 180 g/mol. The maximum Gasteiger partial charge on any atom is 0.224 e. The van der Waals surface area contributed by atoms with E-state index in [0.29, 0.717) is 18.4 Å². The van der Waals surface area contributed by atoms with Crippen LogP contribution in [0.15, 0.2) is 4.42 Å². The van der Waals surface area contributed by atoms with Gasteiger partial charge in [-0.1, -0.05) is 6.92 Å². The van der Waals surface area contributed by atoms with Gasteiger partial charge in [-0.25, -0.2) is 4.98 Å². The Kier molecular flexibility index (Phi) is 2.56. The van der Waals surface area contributed by atoms with Crippen LogP contribution < -0.4 is 5.73 Å². The van der Waals surface area contributed by atoms with Crippen LogP contribution in [0.25, 0.3) is 0 Å². The van der Waals surface area contributed by atoms with Crippen molar-refractivity contribution in [3.63, 3.8) is 0 Å². The van der Waals surface area contributed by atoms with Crippen molar-refractivity contribution in [2.45, 2.75) is 32.9 Å². The van der Waals surface area contributed by atoms with Crippen molar-refractivity contribution < 1.29 is 9.15 Å². The van der Waals surface area contributed by atoms with E-state index in [0.717, 1.165) is 24.5 Å². The molecule has 2 heterocycles. The lowest BCUT2D eigenvalue weighted by Gasteiger charge is -2.09. The van der Waals surface area contributed by atoms with Crippen LogP contribution in [0.3, 0.4) is 0 Å². The summed E-state index contributed by atoms with van der Waals surface area (Å²) in [5.41, 5.74) is 6.40. The molecule has 1 fully saturated rings. The van der Waals surface area contributed by atoms with Gasteiger partial charge in [0.2, 0.25) is 5.89 Å². The Balaban J connectivity index is 2.23. The molecule has 0 aromatic carbocycles. The van der Waals surface area contributed by atoms with E-state index in [1.807, 2.05) is 6.92 Å². The molecule has 0 spiro atoms. The highest BCUT2D eigenvalue weighted by Gasteiger charge is 2.30. The zero-order chi connectivity index (χ0) is 10.1. The highest BCUT2D eigenvalue weighted by molar-refractivity contribution is 5.09. The first-order valence-electron chi connectivity index (χ1n) is 5.00. The average Bonchev–Trinajstić information content (AvgIpc) is 2.71. The van der Waals surface area contributed by atoms with Crippen molar-refractivity contribution in [1.82, 2.24) is 4.98 Å². The zero-order valence-electron chi connectivity index (χ0n) is 8.62.